The molecule has 0 unspecified atom stereocenters. The van der Waals surface area contributed by atoms with Crippen LogP contribution in [-0.2, 0) is 6.42 Å². The minimum Gasteiger partial charge on any atom is -0.276 e. The van der Waals surface area contributed by atoms with E-state index in [4.69, 9.17) is 4.98 Å². The number of fused-ring (bicyclic) bond motifs is 3. The summed E-state index contributed by atoms with van der Waals surface area (Å²) in [6.45, 7) is 4.20. The molecule has 0 saturated carbocycles. The zero-order chi connectivity index (χ0) is 13.2. The summed E-state index contributed by atoms with van der Waals surface area (Å²) < 4.78 is 2.11. The van der Waals surface area contributed by atoms with Gasteiger partial charge < -0.3 is 0 Å². The molecule has 3 aromatic rings. The second kappa shape index (κ2) is 4.96. The monoisotopic (exact) mass is 254 g/mol. The molecule has 19 heavy (non-hydrogen) atoms. The molecule has 0 atom stereocenters. The van der Waals surface area contributed by atoms with Crippen molar-refractivity contribution in [1.29, 1.82) is 0 Å². The van der Waals surface area contributed by atoms with Gasteiger partial charge in [-0.2, -0.15) is 0 Å². The van der Waals surface area contributed by atoms with E-state index in [1.807, 2.05) is 19.1 Å². The standard InChI is InChI=1S/C15H18N4/c1-3-4-5-9-13-15-18-17-11(2)19(15)14-10-7-6-8-12(14)16-13/h6-8,10H,3-5,9H2,1-2H3. The Balaban J connectivity index is 2.19. The Kier molecular flexibility index (Phi) is 3.15. The SMILES string of the molecule is CCCCCc1nc2ccccc2n2c(C)nnc12. The smallest absolute Gasteiger partial charge is 0.183 e. The molecule has 0 aliphatic heterocycles. The van der Waals surface area contributed by atoms with E-state index in [0.717, 1.165) is 41.0 Å². The van der Waals surface area contributed by atoms with E-state index < -0.39 is 0 Å². The number of hydrogen-bond donors (Lipinski definition) is 0. The number of nitrogens with zero attached hydrogens (tertiary/aromatic N) is 4. The lowest BCUT2D eigenvalue weighted by Crippen LogP contribution is -2.00. The van der Waals surface area contributed by atoms with Crippen LogP contribution in [-0.4, -0.2) is 19.6 Å². The van der Waals surface area contributed by atoms with Crippen molar-refractivity contribution < 1.29 is 0 Å². The maximum atomic E-state index is 4.77. The van der Waals surface area contributed by atoms with Gasteiger partial charge in [0.2, 0.25) is 0 Å². The van der Waals surface area contributed by atoms with Gasteiger partial charge in [-0.25, -0.2) is 4.98 Å². The Hall–Kier alpha value is -1.97. The van der Waals surface area contributed by atoms with Gasteiger partial charge in [-0.1, -0.05) is 31.9 Å². The first kappa shape index (κ1) is 12.1. The minimum absolute atomic E-state index is 0.910. The molecule has 0 fully saturated rings. The maximum absolute atomic E-state index is 4.77. The van der Waals surface area contributed by atoms with Crippen LogP contribution in [0.25, 0.3) is 16.7 Å². The third-order valence-corrected chi connectivity index (χ3v) is 3.48. The fourth-order valence-electron chi connectivity index (χ4n) is 2.49. The van der Waals surface area contributed by atoms with Crippen LogP contribution >= 0.6 is 0 Å². The minimum atomic E-state index is 0.910. The van der Waals surface area contributed by atoms with Crippen LogP contribution in [0.1, 0.15) is 37.7 Å². The van der Waals surface area contributed by atoms with Crippen molar-refractivity contribution in [2.24, 2.45) is 0 Å². The van der Waals surface area contributed by atoms with Gasteiger partial charge in [0.1, 0.15) is 5.82 Å². The van der Waals surface area contributed by atoms with E-state index in [0.29, 0.717) is 0 Å². The van der Waals surface area contributed by atoms with Crippen LogP contribution in [0.5, 0.6) is 0 Å². The zero-order valence-electron chi connectivity index (χ0n) is 11.4. The van der Waals surface area contributed by atoms with Crippen LogP contribution in [0.3, 0.4) is 0 Å². The van der Waals surface area contributed by atoms with Crippen LogP contribution in [0.15, 0.2) is 24.3 Å². The largest absolute Gasteiger partial charge is 0.276 e. The van der Waals surface area contributed by atoms with E-state index in [-0.39, 0.29) is 0 Å². The summed E-state index contributed by atoms with van der Waals surface area (Å²) in [7, 11) is 0. The van der Waals surface area contributed by atoms with Gasteiger partial charge in [0.05, 0.1) is 16.7 Å². The Morgan fingerprint density at radius 2 is 1.95 bits per heavy atom. The molecular formula is C15H18N4. The molecule has 1 aromatic carbocycles. The molecule has 0 radical (unpaired) electrons. The first-order chi connectivity index (χ1) is 9.31. The first-order valence-electron chi connectivity index (χ1n) is 6.90. The molecule has 0 amide bonds. The molecule has 0 aliphatic rings. The molecule has 0 aliphatic carbocycles. The van der Waals surface area contributed by atoms with E-state index in [2.05, 4.69) is 33.7 Å². The van der Waals surface area contributed by atoms with Gasteiger partial charge in [0, 0.05) is 0 Å². The highest BCUT2D eigenvalue weighted by Gasteiger charge is 2.12. The van der Waals surface area contributed by atoms with Gasteiger partial charge in [-0.3, -0.25) is 4.40 Å². The summed E-state index contributed by atoms with van der Waals surface area (Å²) in [6, 6.07) is 8.18. The van der Waals surface area contributed by atoms with Gasteiger partial charge in [-0.05, 0) is 31.9 Å². The van der Waals surface area contributed by atoms with E-state index >= 15 is 0 Å². The third-order valence-electron chi connectivity index (χ3n) is 3.48. The first-order valence-corrected chi connectivity index (χ1v) is 6.90. The van der Waals surface area contributed by atoms with E-state index in [1.54, 1.807) is 0 Å². The second-order valence-corrected chi connectivity index (χ2v) is 4.91. The molecule has 0 N–H and O–H groups in total. The normalized spacial score (nSPS) is 11.5. The zero-order valence-corrected chi connectivity index (χ0v) is 11.4. The van der Waals surface area contributed by atoms with Crippen molar-refractivity contribution in [2.75, 3.05) is 0 Å². The Bertz CT molecular complexity index is 715. The van der Waals surface area contributed by atoms with Crippen molar-refractivity contribution in [1.82, 2.24) is 19.6 Å². The number of para-hydroxylation sites is 2. The van der Waals surface area contributed by atoms with Crippen LogP contribution in [0, 0.1) is 6.92 Å². The van der Waals surface area contributed by atoms with Crippen LogP contribution < -0.4 is 0 Å². The summed E-state index contributed by atoms with van der Waals surface area (Å²) >= 11 is 0. The lowest BCUT2D eigenvalue weighted by molar-refractivity contribution is 0.709. The molecule has 98 valence electrons. The third kappa shape index (κ3) is 2.07. The van der Waals surface area contributed by atoms with Crippen molar-refractivity contribution in [3.63, 3.8) is 0 Å². The lowest BCUT2D eigenvalue weighted by atomic mass is 10.1. The summed E-state index contributed by atoms with van der Waals surface area (Å²) in [5, 5.41) is 8.51. The average Bonchev–Trinajstić information content (AvgIpc) is 2.82. The topological polar surface area (TPSA) is 43.1 Å². The molecule has 0 spiro atoms. The predicted octanol–water partition coefficient (Wildman–Crippen LogP) is 3.32. The van der Waals surface area contributed by atoms with Gasteiger partial charge in [0.15, 0.2) is 5.65 Å². The van der Waals surface area contributed by atoms with Gasteiger partial charge in [0.25, 0.3) is 0 Å². The number of aromatic nitrogens is 4. The summed E-state index contributed by atoms with van der Waals surface area (Å²) in [4.78, 5) is 4.77. The van der Waals surface area contributed by atoms with Gasteiger partial charge in [-0.15, -0.1) is 10.2 Å². The summed E-state index contributed by atoms with van der Waals surface area (Å²) in [6.07, 6.45) is 4.58. The highest BCUT2D eigenvalue weighted by Crippen LogP contribution is 2.19. The lowest BCUT2D eigenvalue weighted by Gasteiger charge is -2.07. The molecular weight excluding hydrogens is 236 g/mol. The van der Waals surface area contributed by atoms with E-state index in [1.165, 1.54) is 12.8 Å². The van der Waals surface area contributed by atoms with Crippen molar-refractivity contribution in [3.8, 4) is 0 Å². The van der Waals surface area contributed by atoms with Crippen LogP contribution in [0.4, 0.5) is 0 Å². The van der Waals surface area contributed by atoms with Crippen molar-refractivity contribution in [3.05, 3.63) is 35.8 Å². The summed E-state index contributed by atoms with van der Waals surface area (Å²) in [5.74, 6) is 0.922. The molecule has 4 heteroatoms. The number of unbranched alkanes of at least 4 members (excludes halogenated alkanes) is 2. The molecule has 0 bridgehead atoms. The number of aryl methyl sites for hydroxylation is 2. The van der Waals surface area contributed by atoms with Crippen LogP contribution in [0.2, 0.25) is 0 Å². The molecule has 4 nitrogen and oxygen atoms in total. The van der Waals surface area contributed by atoms with Gasteiger partial charge >= 0.3 is 0 Å². The summed E-state index contributed by atoms with van der Waals surface area (Å²) in [5.41, 5.74) is 4.07. The predicted molar refractivity (Wildman–Crippen MR) is 76.3 cm³/mol. The molecule has 0 saturated heterocycles. The Labute approximate surface area is 112 Å². The fourth-order valence-corrected chi connectivity index (χ4v) is 2.49. The second-order valence-electron chi connectivity index (χ2n) is 4.91. The highest BCUT2D eigenvalue weighted by atomic mass is 15.3. The maximum Gasteiger partial charge on any atom is 0.183 e. The van der Waals surface area contributed by atoms with Crippen molar-refractivity contribution in [2.45, 2.75) is 39.5 Å². The average molecular weight is 254 g/mol. The molecule has 3 rings (SSSR count). The fraction of sp³-hybridized carbons (Fsp3) is 0.400. The number of benzene rings is 1. The Morgan fingerprint density at radius 3 is 2.79 bits per heavy atom. The Morgan fingerprint density at radius 1 is 1.11 bits per heavy atom. The van der Waals surface area contributed by atoms with E-state index in [9.17, 15) is 0 Å². The highest BCUT2D eigenvalue weighted by molar-refractivity contribution is 5.78. The number of hydrogen-bond acceptors (Lipinski definition) is 3. The quantitative estimate of drug-likeness (QED) is 0.671. The van der Waals surface area contributed by atoms with Crippen molar-refractivity contribution >= 4 is 16.7 Å². The molecule has 2 aromatic heterocycles. The molecule has 2 heterocycles. The number of rotatable bonds is 4.